The molecule has 1 N–H and O–H groups in total. The van der Waals surface area contributed by atoms with Crippen molar-refractivity contribution in [2.45, 2.75) is 70.3 Å². The van der Waals surface area contributed by atoms with Crippen LogP contribution in [-0.4, -0.2) is 5.11 Å². The quantitative estimate of drug-likeness (QED) is 0.768. The molecule has 1 saturated carbocycles. The van der Waals surface area contributed by atoms with Gasteiger partial charge in [0, 0.05) is 0 Å². The fourth-order valence-electron chi connectivity index (χ4n) is 3.06. The Morgan fingerprint density at radius 2 is 1.83 bits per heavy atom. The highest BCUT2D eigenvalue weighted by molar-refractivity contribution is 5.31. The van der Waals surface area contributed by atoms with Gasteiger partial charge in [0.2, 0.25) is 0 Å². The summed E-state index contributed by atoms with van der Waals surface area (Å²) < 4.78 is 0. The molecular weight excluding hydrogens is 220 g/mol. The molecule has 0 amide bonds. The van der Waals surface area contributed by atoms with E-state index in [2.05, 4.69) is 38.1 Å². The maximum absolute atomic E-state index is 10.9. The van der Waals surface area contributed by atoms with E-state index in [1.807, 2.05) is 0 Å². The second-order valence-electron chi connectivity index (χ2n) is 5.78. The summed E-state index contributed by atoms with van der Waals surface area (Å²) in [4.78, 5) is 0. The Kier molecular flexibility index (Phi) is 4.45. The lowest BCUT2D eigenvalue weighted by Gasteiger charge is -2.31. The highest BCUT2D eigenvalue weighted by Crippen LogP contribution is 2.39. The van der Waals surface area contributed by atoms with E-state index in [9.17, 15) is 5.11 Å². The van der Waals surface area contributed by atoms with Gasteiger partial charge in [-0.25, -0.2) is 0 Å². The lowest BCUT2D eigenvalue weighted by molar-refractivity contribution is 0.0168. The van der Waals surface area contributed by atoms with Gasteiger partial charge in [-0.05, 0) is 42.7 Å². The zero-order valence-corrected chi connectivity index (χ0v) is 11.8. The first-order valence-electron chi connectivity index (χ1n) is 7.52. The Hall–Kier alpha value is -0.820. The highest BCUT2D eigenvalue weighted by Gasteiger charge is 2.28. The van der Waals surface area contributed by atoms with Gasteiger partial charge in [-0.1, -0.05) is 57.4 Å². The summed E-state index contributed by atoms with van der Waals surface area (Å²) in [6.45, 7) is 4.30. The van der Waals surface area contributed by atoms with Crippen molar-refractivity contribution >= 4 is 0 Å². The van der Waals surface area contributed by atoms with Crippen molar-refractivity contribution in [1.82, 2.24) is 0 Å². The van der Waals surface area contributed by atoms with Crippen LogP contribution in [0, 0.1) is 0 Å². The third-order valence-electron chi connectivity index (χ3n) is 4.33. The van der Waals surface area contributed by atoms with Gasteiger partial charge in [0.25, 0.3) is 0 Å². The van der Waals surface area contributed by atoms with E-state index in [1.165, 1.54) is 24.8 Å². The molecule has 0 atom stereocenters. The van der Waals surface area contributed by atoms with Gasteiger partial charge in [-0.3, -0.25) is 0 Å². The minimum absolute atomic E-state index is 0.608. The Bertz CT molecular complexity index is 373. The minimum Gasteiger partial charge on any atom is -0.385 e. The minimum atomic E-state index is -0.608. The van der Waals surface area contributed by atoms with E-state index < -0.39 is 5.60 Å². The van der Waals surface area contributed by atoms with Gasteiger partial charge in [0.1, 0.15) is 0 Å². The van der Waals surface area contributed by atoms with Gasteiger partial charge in [0.05, 0.1) is 5.60 Å². The molecule has 1 fully saturated rings. The van der Waals surface area contributed by atoms with Crippen LogP contribution in [0.2, 0.25) is 0 Å². The van der Waals surface area contributed by atoms with Crippen LogP contribution in [0.15, 0.2) is 24.3 Å². The van der Waals surface area contributed by atoms with E-state index in [0.29, 0.717) is 0 Å². The van der Waals surface area contributed by atoms with Gasteiger partial charge in [-0.2, -0.15) is 0 Å². The predicted molar refractivity (Wildman–Crippen MR) is 76.7 cm³/mol. The summed E-state index contributed by atoms with van der Waals surface area (Å²) in [5.74, 6) is 0.748. The summed E-state index contributed by atoms with van der Waals surface area (Å²) in [6.07, 6.45) is 7.81. The van der Waals surface area contributed by atoms with Crippen LogP contribution in [0.3, 0.4) is 0 Å². The highest BCUT2D eigenvalue weighted by atomic mass is 16.3. The van der Waals surface area contributed by atoms with Crippen molar-refractivity contribution in [3.8, 4) is 0 Å². The van der Waals surface area contributed by atoms with Crippen LogP contribution in [0.4, 0.5) is 0 Å². The molecule has 1 aliphatic carbocycles. The topological polar surface area (TPSA) is 20.2 Å². The van der Waals surface area contributed by atoms with Crippen molar-refractivity contribution in [3.63, 3.8) is 0 Å². The summed E-state index contributed by atoms with van der Waals surface area (Å²) in [5.41, 5.74) is 1.96. The Morgan fingerprint density at radius 3 is 2.33 bits per heavy atom. The first-order valence-corrected chi connectivity index (χ1v) is 7.52. The lowest BCUT2D eigenvalue weighted by atomic mass is 9.77. The normalized spacial score (nSPS) is 16.6. The first kappa shape index (κ1) is 13.6. The molecule has 18 heavy (non-hydrogen) atoms. The lowest BCUT2D eigenvalue weighted by Crippen LogP contribution is -2.25. The van der Waals surface area contributed by atoms with E-state index in [0.717, 1.165) is 37.2 Å². The van der Waals surface area contributed by atoms with E-state index in [-0.39, 0.29) is 0 Å². The average Bonchev–Trinajstić information content (AvgIpc) is 2.28. The molecule has 1 heteroatoms. The van der Waals surface area contributed by atoms with Crippen molar-refractivity contribution in [1.29, 1.82) is 0 Å². The molecule has 0 aromatic heterocycles. The summed E-state index contributed by atoms with van der Waals surface area (Å²) in [7, 11) is 0. The predicted octanol–water partition coefficient (Wildman–Crippen LogP) is 4.74. The van der Waals surface area contributed by atoms with E-state index in [4.69, 9.17) is 0 Å². The van der Waals surface area contributed by atoms with E-state index >= 15 is 0 Å². The number of benzene rings is 1. The average molecular weight is 246 g/mol. The molecule has 0 bridgehead atoms. The smallest absolute Gasteiger partial charge is 0.0896 e. The molecule has 1 aliphatic rings. The molecule has 1 nitrogen and oxygen atoms in total. The Balaban J connectivity index is 2.23. The maximum atomic E-state index is 10.9. The number of hydrogen-bond donors (Lipinski definition) is 1. The van der Waals surface area contributed by atoms with Crippen molar-refractivity contribution in [2.75, 3.05) is 0 Å². The largest absolute Gasteiger partial charge is 0.385 e. The monoisotopic (exact) mass is 246 g/mol. The van der Waals surface area contributed by atoms with Gasteiger partial charge < -0.3 is 5.11 Å². The van der Waals surface area contributed by atoms with Crippen molar-refractivity contribution in [2.24, 2.45) is 0 Å². The molecular formula is C17H26O. The number of hydrogen-bond acceptors (Lipinski definition) is 1. The summed E-state index contributed by atoms with van der Waals surface area (Å²) in [6, 6.07) is 8.72. The molecule has 2 rings (SSSR count). The van der Waals surface area contributed by atoms with Crippen LogP contribution >= 0.6 is 0 Å². The third-order valence-corrected chi connectivity index (χ3v) is 4.33. The summed E-state index contributed by atoms with van der Waals surface area (Å²) >= 11 is 0. The standard InChI is InChI=1S/C17H26O/c1-3-11-17(18,12-4-2)16-10-6-9-15(13-16)14-7-5-8-14/h6,9-10,13-14,18H,3-5,7-8,11-12H2,1-2H3. The van der Waals surface area contributed by atoms with Crippen LogP contribution < -0.4 is 0 Å². The molecule has 0 unspecified atom stereocenters. The second kappa shape index (κ2) is 5.88. The first-order chi connectivity index (χ1) is 8.69. The van der Waals surface area contributed by atoms with Crippen molar-refractivity contribution in [3.05, 3.63) is 35.4 Å². The second-order valence-corrected chi connectivity index (χ2v) is 5.78. The molecule has 0 spiro atoms. The molecule has 0 aliphatic heterocycles. The maximum Gasteiger partial charge on any atom is 0.0896 e. The van der Waals surface area contributed by atoms with Crippen LogP contribution in [0.25, 0.3) is 0 Å². The summed E-state index contributed by atoms with van der Waals surface area (Å²) in [5, 5.41) is 10.9. The fourth-order valence-corrected chi connectivity index (χ4v) is 3.06. The number of rotatable bonds is 6. The van der Waals surface area contributed by atoms with Crippen LogP contribution in [-0.2, 0) is 5.60 Å². The zero-order chi connectivity index (χ0) is 13.0. The van der Waals surface area contributed by atoms with E-state index in [1.54, 1.807) is 0 Å². The molecule has 0 heterocycles. The van der Waals surface area contributed by atoms with Gasteiger partial charge in [0.15, 0.2) is 0 Å². The fraction of sp³-hybridized carbons (Fsp3) is 0.647. The molecule has 100 valence electrons. The van der Waals surface area contributed by atoms with Gasteiger partial charge in [-0.15, -0.1) is 0 Å². The molecule has 1 aromatic carbocycles. The van der Waals surface area contributed by atoms with Crippen molar-refractivity contribution < 1.29 is 5.11 Å². The SMILES string of the molecule is CCCC(O)(CCC)c1cccc(C2CCC2)c1. The van der Waals surface area contributed by atoms with Crippen LogP contribution in [0.1, 0.15) is 75.8 Å². The molecule has 0 saturated heterocycles. The van der Waals surface area contributed by atoms with Crippen LogP contribution in [0.5, 0.6) is 0 Å². The molecule has 1 aromatic rings. The zero-order valence-electron chi connectivity index (χ0n) is 11.8. The molecule has 0 radical (unpaired) electrons. The Labute approximate surface area is 111 Å². The third kappa shape index (κ3) is 2.77. The Morgan fingerprint density at radius 1 is 1.17 bits per heavy atom. The van der Waals surface area contributed by atoms with Gasteiger partial charge >= 0.3 is 0 Å². The number of aliphatic hydroxyl groups is 1.